The van der Waals surface area contributed by atoms with Crippen molar-refractivity contribution in [2.75, 3.05) is 17.6 Å². The third-order valence-electron chi connectivity index (χ3n) is 1.30. The van der Waals surface area contributed by atoms with Gasteiger partial charge in [0.25, 0.3) is 0 Å². The van der Waals surface area contributed by atoms with E-state index in [2.05, 4.69) is 10.3 Å². The highest BCUT2D eigenvalue weighted by Crippen LogP contribution is 2.15. The Hall–Kier alpha value is -1.39. The third kappa shape index (κ3) is 1.61. The van der Waals surface area contributed by atoms with Crippen molar-refractivity contribution < 1.29 is 8.78 Å². The highest BCUT2D eigenvalue weighted by atomic mass is 19.1. The van der Waals surface area contributed by atoms with Crippen LogP contribution in [-0.2, 0) is 0 Å². The van der Waals surface area contributed by atoms with Crippen LogP contribution in [0.2, 0.25) is 0 Å². The molecular formula is C7H9F2N3. The van der Waals surface area contributed by atoms with Crippen LogP contribution < -0.4 is 11.1 Å². The lowest BCUT2D eigenvalue weighted by Crippen LogP contribution is -2.05. The summed E-state index contributed by atoms with van der Waals surface area (Å²) in [6.45, 7) is 2.29. The summed E-state index contributed by atoms with van der Waals surface area (Å²) >= 11 is 0. The van der Waals surface area contributed by atoms with Gasteiger partial charge in [0.05, 0.1) is 0 Å². The van der Waals surface area contributed by atoms with Gasteiger partial charge < -0.3 is 11.1 Å². The van der Waals surface area contributed by atoms with Crippen LogP contribution in [0.4, 0.5) is 20.4 Å². The molecule has 0 saturated carbocycles. The van der Waals surface area contributed by atoms with Crippen LogP contribution in [0.1, 0.15) is 6.92 Å². The highest BCUT2D eigenvalue weighted by Gasteiger charge is 2.07. The Morgan fingerprint density at radius 3 is 2.75 bits per heavy atom. The minimum absolute atomic E-state index is 0.0172. The van der Waals surface area contributed by atoms with Gasteiger partial charge in [-0.05, 0) is 6.92 Å². The van der Waals surface area contributed by atoms with Crippen molar-refractivity contribution in [3.8, 4) is 0 Å². The van der Waals surface area contributed by atoms with Crippen molar-refractivity contribution in [3.63, 3.8) is 0 Å². The van der Waals surface area contributed by atoms with E-state index in [-0.39, 0.29) is 11.6 Å². The van der Waals surface area contributed by atoms with Crippen LogP contribution in [0.15, 0.2) is 6.07 Å². The summed E-state index contributed by atoms with van der Waals surface area (Å²) in [5.74, 6) is -1.89. The van der Waals surface area contributed by atoms with Crippen molar-refractivity contribution in [2.24, 2.45) is 0 Å². The Kier molecular flexibility index (Phi) is 2.42. The molecule has 1 aromatic heterocycles. The second-order valence-corrected chi connectivity index (χ2v) is 2.22. The molecule has 66 valence electrons. The van der Waals surface area contributed by atoms with E-state index in [0.29, 0.717) is 12.6 Å². The molecular weight excluding hydrogens is 164 g/mol. The first-order valence-corrected chi connectivity index (χ1v) is 3.50. The molecule has 0 saturated heterocycles. The first-order chi connectivity index (χ1) is 5.65. The minimum atomic E-state index is -0.839. The van der Waals surface area contributed by atoms with Gasteiger partial charge in [-0.1, -0.05) is 0 Å². The van der Waals surface area contributed by atoms with Gasteiger partial charge in [0.1, 0.15) is 0 Å². The predicted molar refractivity (Wildman–Crippen MR) is 42.7 cm³/mol. The van der Waals surface area contributed by atoms with Crippen molar-refractivity contribution in [3.05, 3.63) is 17.7 Å². The maximum Gasteiger partial charge on any atom is 0.168 e. The molecule has 3 nitrogen and oxygen atoms in total. The first kappa shape index (κ1) is 8.70. The molecule has 5 heteroatoms. The van der Waals surface area contributed by atoms with E-state index in [4.69, 9.17) is 5.73 Å². The fourth-order valence-corrected chi connectivity index (χ4v) is 0.772. The third-order valence-corrected chi connectivity index (χ3v) is 1.30. The Bertz CT molecular complexity index is 288. The average Bonchev–Trinajstić information content (AvgIpc) is 2.01. The quantitative estimate of drug-likeness (QED) is 0.710. The number of rotatable bonds is 2. The van der Waals surface area contributed by atoms with Crippen LogP contribution in [0.3, 0.4) is 0 Å². The van der Waals surface area contributed by atoms with Gasteiger partial charge in [0.15, 0.2) is 23.3 Å². The molecule has 0 aliphatic heterocycles. The summed E-state index contributed by atoms with van der Waals surface area (Å²) in [6, 6.07) is 0.709. The summed E-state index contributed by atoms with van der Waals surface area (Å²) in [4.78, 5) is 3.48. The lowest BCUT2D eigenvalue weighted by molar-refractivity contribution is 0.580. The molecule has 0 unspecified atom stereocenters. The van der Waals surface area contributed by atoms with E-state index in [0.717, 1.165) is 0 Å². The Morgan fingerprint density at radius 1 is 1.50 bits per heavy atom. The molecule has 0 fully saturated rings. The van der Waals surface area contributed by atoms with Gasteiger partial charge in [0, 0.05) is 12.6 Å². The van der Waals surface area contributed by atoms with E-state index in [1.807, 2.05) is 0 Å². The second kappa shape index (κ2) is 3.34. The smallest absolute Gasteiger partial charge is 0.168 e. The zero-order valence-corrected chi connectivity index (χ0v) is 6.56. The van der Waals surface area contributed by atoms with E-state index in [9.17, 15) is 8.78 Å². The fraction of sp³-hybridized carbons (Fsp3) is 0.286. The van der Waals surface area contributed by atoms with Gasteiger partial charge in [-0.2, -0.15) is 0 Å². The van der Waals surface area contributed by atoms with Gasteiger partial charge in [-0.15, -0.1) is 0 Å². The van der Waals surface area contributed by atoms with Crippen LogP contribution in [0.25, 0.3) is 0 Å². The fourth-order valence-electron chi connectivity index (χ4n) is 0.772. The van der Waals surface area contributed by atoms with E-state index < -0.39 is 11.6 Å². The summed E-state index contributed by atoms with van der Waals surface area (Å²) in [5, 5.41) is 2.61. The van der Waals surface area contributed by atoms with Gasteiger partial charge in [-0.25, -0.2) is 13.8 Å². The summed E-state index contributed by atoms with van der Waals surface area (Å²) < 4.78 is 25.3. The molecule has 0 radical (unpaired) electrons. The molecule has 0 bridgehead atoms. The number of anilines is 2. The lowest BCUT2D eigenvalue weighted by Gasteiger charge is -2.04. The van der Waals surface area contributed by atoms with E-state index in [1.165, 1.54) is 0 Å². The zero-order chi connectivity index (χ0) is 9.14. The number of nitrogens with zero attached hydrogens (tertiary/aromatic N) is 1. The largest absolute Gasteiger partial charge is 0.381 e. The number of nitrogens with one attached hydrogen (secondary N) is 1. The molecule has 0 aliphatic carbocycles. The SMILES string of the molecule is CCNc1nc(N)c(F)cc1F. The monoisotopic (exact) mass is 173 g/mol. The molecule has 3 N–H and O–H groups in total. The topological polar surface area (TPSA) is 50.9 Å². The molecule has 0 aliphatic rings. The number of pyridine rings is 1. The van der Waals surface area contributed by atoms with E-state index in [1.54, 1.807) is 6.92 Å². The van der Waals surface area contributed by atoms with Gasteiger partial charge >= 0.3 is 0 Å². The number of halogens is 2. The number of nitrogen functional groups attached to an aromatic ring is 1. The number of hydrogen-bond donors (Lipinski definition) is 2. The van der Waals surface area contributed by atoms with Crippen LogP contribution in [-0.4, -0.2) is 11.5 Å². The van der Waals surface area contributed by atoms with Crippen LogP contribution >= 0.6 is 0 Å². The van der Waals surface area contributed by atoms with Crippen molar-refractivity contribution in [1.29, 1.82) is 0 Å². The normalized spacial score (nSPS) is 9.92. The lowest BCUT2D eigenvalue weighted by atomic mass is 10.4. The summed E-state index contributed by atoms with van der Waals surface area (Å²) in [7, 11) is 0. The molecule has 0 aromatic carbocycles. The Balaban J connectivity index is 3.05. The summed E-state index contributed by atoms with van der Waals surface area (Å²) in [5.41, 5.74) is 5.13. The first-order valence-electron chi connectivity index (χ1n) is 3.50. The van der Waals surface area contributed by atoms with Crippen LogP contribution in [0, 0.1) is 11.6 Å². The molecule has 1 heterocycles. The van der Waals surface area contributed by atoms with Gasteiger partial charge in [-0.3, -0.25) is 0 Å². The molecule has 0 spiro atoms. The van der Waals surface area contributed by atoms with Crippen molar-refractivity contribution in [2.45, 2.75) is 6.92 Å². The number of nitrogens with two attached hydrogens (primary N) is 1. The minimum Gasteiger partial charge on any atom is -0.381 e. The van der Waals surface area contributed by atoms with Crippen molar-refractivity contribution in [1.82, 2.24) is 4.98 Å². The average molecular weight is 173 g/mol. The molecule has 0 amide bonds. The number of aromatic nitrogens is 1. The zero-order valence-electron chi connectivity index (χ0n) is 6.56. The van der Waals surface area contributed by atoms with Crippen LogP contribution in [0.5, 0.6) is 0 Å². The molecule has 0 atom stereocenters. The second-order valence-electron chi connectivity index (χ2n) is 2.22. The van der Waals surface area contributed by atoms with Gasteiger partial charge in [0.2, 0.25) is 0 Å². The standard InChI is InChI=1S/C7H9F2N3/c1-2-11-7-5(9)3-4(8)6(10)12-7/h3H,2H2,1H3,(H3,10,11,12). The molecule has 1 rings (SSSR count). The van der Waals surface area contributed by atoms with E-state index >= 15 is 0 Å². The maximum absolute atomic E-state index is 12.8. The molecule has 1 aromatic rings. The summed E-state index contributed by atoms with van der Waals surface area (Å²) in [6.07, 6.45) is 0. The maximum atomic E-state index is 12.8. The highest BCUT2D eigenvalue weighted by molar-refractivity contribution is 5.44. The molecule has 12 heavy (non-hydrogen) atoms. The predicted octanol–water partition coefficient (Wildman–Crippen LogP) is 1.37. The number of hydrogen-bond acceptors (Lipinski definition) is 3. The Morgan fingerprint density at radius 2 is 2.17 bits per heavy atom. The van der Waals surface area contributed by atoms with Crippen molar-refractivity contribution >= 4 is 11.6 Å². The Labute approximate surface area is 68.6 Å².